The highest BCUT2D eigenvalue weighted by atomic mass is 19.1. The Balaban J connectivity index is 1.59. The summed E-state index contributed by atoms with van der Waals surface area (Å²) >= 11 is 0. The van der Waals surface area contributed by atoms with Gasteiger partial charge < -0.3 is 14.6 Å². The Morgan fingerprint density at radius 1 is 1.24 bits per heavy atom. The number of ether oxygens (including phenoxy) is 1. The minimum absolute atomic E-state index is 0.330. The lowest BCUT2D eigenvalue weighted by molar-refractivity contribution is -0.119. The Labute approximate surface area is 145 Å². The number of esters is 1. The van der Waals surface area contributed by atoms with Gasteiger partial charge in [0.25, 0.3) is 5.91 Å². The van der Waals surface area contributed by atoms with E-state index in [0.717, 1.165) is 24.2 Å². The number of hydrogen-bond acceptors (Lipinski definition) is 3. The van der Waals surface area contributed by atoms with Crippen molar-refractivity contribution in [2.24, 2.45) is 0 Å². The molecule has 6 heteroatoms. The van der Waals surface area contributed by atoms with Crippen LogP contribution in [0, 0.1) is 26.6 Å². The van der Waals surface area contributed by atoms with Gasteiger partial charge in [0, 0.05) is 23.1 Å². The molecule has 0 spiro atoms. The van der Waals surface area contributed by atoms with Gasteiger partial charge >= 0.3 is 5.97 Å². The predicted molar refractivity (Wildman–Crippen MR) is 92.2 cm³/mol. The van der Waals surface area contributed by atoms with Crippen LogP contribution in [0.2, 0.25) is 0 Å². The summed E-state index contributed by atoms with van der Waals surface area (Å²) in [6, 6.07) is 6.67. The van der Waals surface area contributed by atoms with Crippen LogP contribution in [0.1, 0.15) is 46.2 Å². The summed E-state index contributed by atoms with van der Waals surface area (Å²) in [4.78, 5) is 24.2. The van der Waals surface area contributed by atoms with Crippen molar-refractivity contribution >= 4 is 17.6 Å². The summed E-state index contributed by atoms with van der Waals surface area (Å²) in [7, 11) is 0. The highest BCUT2D eigenvalue weighted by Crippen LogP contribution is 2.38. The number of aryl methyl sites for hydroxylation is 2. The van der Waals surface area contributed by atoms with Crippen molar-refractivity contribution in [3.05, 3.63) is 52.6 Å². The third-order valence-corrected chi connectivity index (χ3v) is 4.41. The molecule has 3 rings (SSSR count). The molecule has 0 saturated heterocycles. The smallest absolute Gasteiger partial charge is 0.340 e. The molecule has 0 radical (unpaired) electrons. The van der Waals surface area contributed by atoms with E-state index < -0.39 is 24.3 Å². The Bertz CT molecular complexity index is 837. The maximum Gasteiger partial charge on any atom is 0.340 e. The van der Waals surface area contributed by atoms with Crippen LogP contribution in [0.15, 0.2) is 24.3 Å². The fourth-order valence-corrected chi connectivity index (χ4v) is 2.95. The molecular weight excluding hydrogens is 323 g/mol. The number of benzene rings is 1. The van der Waals surface area contributed by atoms with Gasteiger partial charge in [0.1, 0.15) is 5.82 Å². The Morgan fingerprint density at radius 2 is 1.96 bits per heavy atom. The van der Waals surface area contributed by atoms with E-state index in [2.05, 4.69) is 9.88 Å². The number of carbonyl (C=O) groups excluding carboxylic acids is 2. The van der Waals surface area contributed by atoms with Crippen LogP contribution in [0.25, 0.3) is 0 Å². The van der Waals surface area contributed by atoms with Crippen molar-refractivity contribution in [2.45, 2.75) is 39.7 Å². The van der Waals surface area contributed by atoms with Crippen molar-refractivity contribution in [2.75, 3.05) is 11.9 Å². The van der Waals surface area contributed by atoms with Crippen LogP contribution in [0.4, 0.5) is 10.1 Å². The monoisotopic (exact) mass is 344 g/mol. The van der Waals surface area contributed by atoms with Crippen molar-refractivity contribution in [3.63, 3.8) is 0 Å². The lowest BCUT2D eigenvalue weighted by atomic mass is 10.2. The summed E-state index contributed by atoms with van der Waals surface area (Å²) in [6.45, 7) is 5.07. The molecule has 0 unspecified atom stereocenters. The van der Waals surface area contributed by atoms with Crippen molar-refractivity contribution in [1.29, 1.82) is 0 Å². The molecule has 0 aliphatic heterocycles. The molecule has 1 N–H and O–H groups in total. The fourth-order valence-electron chi connectivity index (χ4n) is 2.95. The van der Waals surface area contributed by atoms with E-state index in [4.69, 9.17) is 4.74 Å². The van der Waals surface area contributed by atoms with E-state index in [1.165, 1.54) is 6.07 Å². The van der Waals surface area contributed by atoms with Crippen molar-refractivity contribution < 1.29 is 18.7 Å². The largest absolute Gasteiger partial charge is 0.452 e. The molecule has 0 atom stereocenters. The van der Waals surface area contributed by atoms with Crippen LogP contribution in [0.3, 0.4) is 0 Å². The standard InChI is InChI=1S/C19H21FN2O3/c1-11-4-5-14(9-17(11)20)21-18(23)10-25-19(24)16-8-12(2)22(13(16)3)15-6-7-15/h4-5,8-9,15H,6-7,10H2,1-3H3,(H,21,23). The van der Waals surface area contributed by atoms with Crippen molar-refractivity contribution in [1.82, 2.24) is 4.57 Å². The number of aromatic nitrogens is 1. The van der Waals surface area contributed by atoms with Gasteiger partial charge in [-0.15, -0.1) is 0 Å². The molecule has 0 bridgehead atoms. The number of rotatable bonds is 5. The molecule has 1 amide bonds. The molecule has 132 valence electrons. The van der Waals surface area contributed by atoms with Crippen LogP contribution in [-0.4, -0.2) is 23.1 Å². The van der Waals surface area contributed by atoms with Gasteiger partial charge in [-0.3, -0.25) is 4.79 Å². The van der Waals surface area contributed by atoms with Gasteiger partial charge in [-0.2, -0.15) is 0 Å². The molecule has 1 saturated carbocycles. The summed E-state index contributed by atoms with van der Waals surface area (Å²) in [5.41, 5.74) is 3.20. The average Bonchev–Trinajstić information content (AvgIpc) is 3.34. The fraction of sp³-hybridized carbons (Fsp3) is 0.368. The SMILES string of the molecule is Cc1ccc(NC(=O)COC(=O)c2cc(C)n(C3CC3)c2C)cc1F. The first-order valence-corrected chi connectivity index (χ1v) is 8.28. The van der Waals surface area contributed by atoms with E-state index in [1.54, 1.807) is 25.1 Å². The summed E-state index contributed by atoms with van der Waals surface area (Å²) in [5.74, 6) is -1.43. The number of nitrogens with zero attached hydrogens (tertiary/aromatic N) is 1. The summed E-state index contributed by atoms with van der Waals surface area (Å²) < 4.78 is 20.7. The molecule has 1 fully saturated rings. The first-order chi connectivity index (χ1) is 11.9. The molecule has 2 aromatic rings. The van der Waals surface area contributed by atoms with Gasteiger partial charge in [-0.25, -0.2) is 9.18 Å². The summed E-state index contributed by atoms with van der Waals surface area (Å²) in [6.07, 6.45) is 2.25. The number of amides is 1. The Hall–Kier alpha value is -2.63. The third kappa shape index (κ3) is 3.73. The second kappa shape index (κ2) is 6.70. The Morgan fingerprint density at radius 3 is 2.60 bits per heavy atom. The number of anilines is 1. The second-order valence-electron chi connectivity index (χ2n) is 6.47. The molecule has 1 aliphatic carbocycles. The van der Waals surface area contributed by atoms with E-state index in [0.29, 0.717) is 22.9 Å². The van der Waals surface area contributed by atoms with Crippen LogP contribution in [0.5, 0.6) is 0 Å². The van der Waals surface area contributed by atoms with E-state index in [-0.39, 0.29) is 0 Å². The van der Waals surface area contributed by atoms with E-state index in [1.807, 2.05) is 13.8 Å². The lowest BCUT2D eigenvalue weighted by Gasteiger charge is -2.09. The normalized spacial score (nSPS) is 13.6. The van der Waals surface area contributed by atoms with Gasteiger partial charge in [0.05, 0.1) is 5.56 Å². The molecule has 5 nitrogen and oxygen atoms in total. The average molecular weight is 344 g/mol. The van der Waals surface area contributed by atoms with E-state index in [9.17, 15) is 14.0 Å². The van der Waals surface area contributed by atoms with E-state index >= 15 is 0 Å². The number of hydrogen-bond donors (Lipinski definition) is 1. The van der Waals surface area contributed by atoms with Crippen LogP contribution in [-0.2, 0) is 9.53 Å². The Kier molecular flexibility index (Phi) is 4.61. The van der Waals surface area contributed by atoms with Crippen LogP contribution < -0.4 is 5.32 Å². The van der Waals surface area contributed by atoms with Gasteiger partial charge in [0.2, 0.25) is 0 Å². The molecule has 1 aromatic heterocycles. The zero-order chi connectivity index (χ0) is 18.1. The zero-order valence-electron chi connectivity index (χ0n) is 14.6. The molecule has 1 aliphatic rings. The van der Waals surface area contributed by atoms with Gasteiger partial charge in [-0.1, -0.05) is 6.07 Å². The number of halogens is 1. The molecule has 25 heavy (non-hydrogen) atoms. The lowest BCUT2D eigenvalue weighted by Crippen LogP contribution is -2.21. The predicted octanol–water partition coefficient (Wildman–Crippen LogP) is 3.68. The van der Waals surface area contributed by atoms with Gasteiger partial charge in [0.15, 0.2) is 6.61 Å². The highest BCUT2D eigenvalue weighted by Gasteiger charge is 2.28. The van der Waals surface area contributed by atoms with Crippen LogP contribution >= 0.6 is 0 Å². The zero-order valence-corrected chi connectivity index (χ0v) is 14.6. The van der Waals surface area contributed by atoms with Gasteiger partial charge in [-0.05, 0) is 57.4 Å². The summed E-state index contributed by atoms with van der Waals surface area (Å²) in [5, 5.41) is 2.51. The minimum Gasteiger partial charge on any atom is -0.452 e. The maximum absolute atomic E-state index is 13.5. The molecule has 1 heterocycles. The maximum atomic E-state index is 13.5. The second-order valence-corrected chi connectivity index (χ2v) is 6.47. The first-order valence-electron chi connectivity index (χ1n) is 8.28. The van der Waals surface area contributed by atoms with Crippen molar-refractivity contribution in [3.8, 4) is 0 Å². The number of carbonyl (C=O) groups is 2. The molecule has 1 aromatic carbocycles. The third-order valence-electron chi connectivity index (χ3n) is 4.41. The molecular formula is C19H21FN2O3. The first kappa shape index (κ1) is 17.2. The topological polar surface area (TPSA) is 60.3 Å². The quantitative estimate of drug-likeness (QED) is 0.842. The highest BCUT2D eigenvalue weighted by molar-refractivity contribution is 5.96. The number of nitrogens with one attached hydrogen (secondary N) is 1. The minimum atomic E-state index is -0.523.